The molecular weight excluding hydrogens is 376 g/mol. The molecule has 9 heteroatoms. The Morgan fingerprint density at radius 2 is 2.00 bits per heavy atom. The van der Waals surface area contributed by atoms with E-state index in [9.17, 15) is 19.7 Å². The van der Waals surface area contributed by atoms with E-state index in [2.05, 4.69) is 5.32 Å². The molecule has 142 valence electrons. The van der Waals surface area contributed by atoms with E-state index in [1.807, 2.05) is 13.0 Å². The molecule has 0 saturated heterocycles. The number of hydrogen-bond acceptors (Lipinski definition) is 6. The van der Waals surface area contributed by atoms with Crippen LogP contribution in [0.1, 0.15) is 12.5 Å². The highest BCUT2D eigenvalue weighted by Crippen LogP contribution is 2.27. The molecule has 0 bridgehead atoms. The Labute approximate surface area is 160 Å². The van der Waals surface area contributed by atoms with Crippen LogP contribution in [-0.2, 0) is 14.3 Å². The van der Waals surface area contributed by atoms with Crippen molar-refractivity contribution >= 4 is 34.9 Å². The largest absolute Gasteiger partial charge is 0.479 e. The molecule has 2 aromatic rings. The summed E-state index contributed by atoms with van der Waals surface area (Å²) < 4.78 is 10.4. The number of carbonyl (C=O) groups is 2. The lowest BCUT2D eigenvalue weighted by molar-refractivity contribution is -0.383. The predicted molar refractivity (Wildman–Crippen MR) is 99.0 cm³/mol. The molecule has 0 unspecified atom stereocenters. The van der Waals surface area contributed by atoms with Crippen LogP contribution in [-0.4, -0.2) is 29.5 Å². The average Bonchev–Trinajstić information content (AvgIpc) is 2.61. The topological polar surface area (TPSA) is 108 Å². The quantitative estimate of drug-likeness (QED) is 0.439. The van der Waals surface area contributed by atoms with Gasteiger partial charge in [0, 0.05) is 11.1 Å². The number of nitro groups is 1. The SMILES string of the molecule is Cc1cccc(O[C@H](C)C(=O)OCC(=O)Nc2ccc(Cl)cc2[N+](=O)[O-])c1. The minimum absolute atomic E-state index is 0.0468. The van der Waals surface area contributed by atoms with Crippen LogP contribution < -0.4 is 10.1 Å². The van der Waals surface area contributed by atoms with Gasteiger partial charge in [-0.25, -0.2) is 4.79 Å². The van der Waals surface area contributed by atoms with Gasteiger partial charge in [-0.2, -0.15) is 0 Å². The second kappa shape index (κ2) is 9.00. The molecule has 0 aliphatic heterocycles. The first-order valence-corrected chi connectivity index (χ1v) is 8.28. The highest BCUT2D eigenvalue weighted by atomic mass is 35.5. The number of aryl methyl sites for hydroxylation is 1. The van der Waals surface area contributed by atoms with Gasteiger partial charge in [0.05, 0.1) is 4.92 Å². The zero-order valence-corrected chi connectivity index (χ0v) is 15.4. The second-order valence-corrected chi connectivity index (χ2v) is 6.09. The summed E-state index contributed by atoms with van der Waals surface area (Å²) >= 11 is 5.71. The number of ether oxygens (including phenoxy) is 2. The van der Waals surface area contributed by atoms with Crippen LogP contribution in [0.2, 0.25) is 5.02 Å². The van der Waals surface area contributed by atoms with E-state index in [1.54, 1.807) is 18.2 Å². The van der Waals surface area contributed by atoms with Crippen LogP contribution in [0, 0.1) is 17.0 Å². The number of halogens is 1. The number of amides is 1. The van der Waals surface area contributed by atoms with Crippen molar-refractivity contribution in [1.82, 2.24) is 0 Å². The van der Waals surface area contributed by atoms with Gasteiger partial charge >= 0.3 is 5.97 Å². The number of benzene rings is 2. The minimum Gasteiger partial charge on any atom is -0.479 e. The molecule has 1 atom stereocenters. The second-order valence-electron chi connectivity index (χ2n) is 5.65. The van der Waals surface area contributed by atoms with Crippen LogP contribution in [0.3, 0.4) is 0 Å². The van der Waals surface area contributed by atoms with Crippen molar-refractivity contribution in [2.75, 3.05) is 11.9 Å². The van der Waals surface area contributed by atoms with Gasteiger partial charge in [0.15, 0.2) is 12.7 Å². The van der Waals surface area contributed by atoms with Crippen LogP contribution >= 0.6 is 11.6 Å². The molecule has 0 fully saturated rings. The summed E-state index contributed by atoms with van der Waals surface area (Å²) in [7, 11) is 0. The number of nitro benzene ring substituents is 1. The standard InChI is InChI=1S/C18H17ClN2O6/c1-11-4-3-5-14(8-11)27-12(2)18(23)26-10-17(22)20-15-7-6-13(19)9-16(15)21(24)25/h3-9,12H,10H2,1-2H3,(H,20,22)/t12-/m1/s1. The average molecular weight is 393 g/mol. The highest BCUT2D eigenvalue weighted by Gasteiger charge is 2.20. The van der Waals surface area contributed by atoms with Gasteiger partial charge in [-0.1, -0.05) is 23.7 Å². The van der Waals surface area contributed by atoms with Crippen LogP contribution in [0.25, 0.3) is 0 Å². The molecule has 0 radical (unpaired) electrons. The first kappa shape index (κ1) is 20.2. The van der Waals surface area contributed by atoms with Gasteiger partial charge in [-0.15, -0.1) is 0 Å². The molecule has 1 N–H and O–H groups in total. The number of carbonyl (C=O) groups excluding carboxylic acids is 2. The lowest BCUT2D eigenvalue weighted by atomic mass is 10.2. The summed E-state index contributed by atoms with van der Waals surface area (Å²) in [4.78, 5) is 34.2. The fourth-order valence-electron chi connectivity index (χ4n) is 2.14. The van der Waals surface area contributed by atoms with Gasteiger partial charge < -0.3 is 14.8 Å². The molecule has 2 aromatic carbocycles. The van der Waals surface area contributed by atoms with Gasteiger partial charge in [0.2, 0.25) is 0 Å². The predicted octanol–water partition coefficient (Wildman–Crippen LogP) is 3.51. The Hall–Kier alpha value is -3.13. The van der Waals surface area contributed by atoms with Gasteiger partial charge in [-0.3, -0.25) is 14.9 Å². The van der Waals surface area contributed by atoms with E-state index in [1.165, 1.54) is 19.1 Å². The third kappa shape index (κ3) is 5.96. The molecule has 1 amide bonds. The van der Waals surface area contributed by atoms with Crippen molar-refractivity contribution in [3.8, 4) is 5.75 Å². The van der Waals surface area contributed by atoms with Crippen molar-refractivity contribution in [3.63, 3.8) is 0 Å². The zero-order valence-electron chi connectivity index (χ0n) is 14.6. The number of anilines is 1. The van der Waals surface area contributed by atoms with E-state index < -0.39 is 29.5 Å². The smallest absolute Gasteiger partial charge is 0.347 e. The van der Waals surface area contributed by atoms with Crippen molar-refractivity contribution in [1.29, 1.82) is 0 Å². The number of nitrogens with zero attached hydrogens (tertiary/aromatic N) is 1. The summed E-state index contributed by atoms with van der Waals surface area (Å²) in [5.41, 5.74) is 0.560. The molecule has 2 rings (SSSR count). The van der Waals surface area contributed by atoms with Crippen molar-refractivity contribution < 1.29 is 24.0 Å². The molecule has 0 aliphatic carbocycles. The maximum atomic E-state index is 12.0. The van der Waals surface area contributed by atoms with Crippen LogP contribution in [0.4, 0.5) is 11.4 Å². The number of nitrogens with one attached hydrogen (secondary N) is 1. The van der Waals surface area contributed by atoms with Gasteiger partial charge in [0.25, 0.3) is 11.6 Å². The zero-order chi connectivity index (χ0) is 20.0. The molecule has 0 heterocycles. The van der Waals surface area contributed by atoms with E-state index in [0.29, 0.717) is 5.75 Å². The normalized spacial score (nSPS) is 11.4. The third-order valence-electron chi connectivity index (χ3n) is 3.41. The highest BCUT2D eigenvalue weighted by molar-refractivity contribution is 6.31. The van der Waals surface area contributed by atoms with E-state index in [4.69, 9.17) is 21.1 Å². The molecule has 0 aromatic heterocycles. The maximum Gasteiger partial charge on any atom is 0.347 e. The number of rotatable bonds is 7. The molecule has 0 saturated carbocycles. The maximum absolute atomic E-state index is 12.0. The van der Waals surface area contributed by atoms with Crippen molar-refractivity contribution in [2.24, 2.45) is 0 Å². The first-order chi connectivity index (χ1) is 12.8. The number of hydrogen-bond donors (Lipinski definition) is 1. The Bertz CT molecular complexity index is 871. The van der Waals surface area contributed by atoms with Gasteiger partial charge in [-0.05, 0) is 43.7 Å². The van der Waals surface area contributed by atoms with E-state index in [-0.39, 0.29) is 16.4 Å². The van der Waals surface area contributed by atoms with Crippen LogP contribution in [0.15, 0.2) is 42.5 Å². The van der Waals surface area contributed by atoms with Gasteiger partial charge in [0.1, 0.15) is 11.4 Å². The van der Waals surface area contributed by atoms with Crippen LogP contribution in [0.5, 0.6) is 5.75 Å². The Morgan fingerprint density at radius 1 is 1.26 bits per heavy atom. The summed E-state index contributed by atoms with van der Waals surface area (Å²) in [5, 5.41) is 13.5. The monoisotopic (exact) mass is 392 g/mol. The summed E-state index contributed by atoms with van der Waals surface area (Å²) in [6.07, 6.45) is -0.926. The summed E-state index contributed by atoms with van der Waals surface area (Å²) in [6, 6.07) is 10.9. The Morgan fingerprint density at radius 3 is 2.67 bits per heavy atom. The Balaban J connectivity index is 1.89. The van der Waals surface area contributed by atoms with E-state index >= 15 is 0 Å². The fraction of sp³-hybridized carbons (Fsp3) is 0.222. The minimum atomic E-state index is -0.926. The summed E-state index contributed by atoms with van der Waals surface area (Å²) in [5.74, 6) is -0.963. The number of esters is 1. The van der Waals surface area contributed by atoms with Crippen molar-refractivity contribution in [3.05, 3.63) is 63.2 Å². The lowest BCUT2D eigenvalue weighted by Crippen LogP contribution is -2.29. The third-order valence-corrected chi connectivity index (χ3v) is 3.65. The van der Waals surface area contributed by atoms with E-state index in [0.717, 1.165) is 11.6 Å². The molecular formula is C18H17ClN2O6. The molecule has 0 aliphatic rings. The Kier molecular flexibility index (Phi) is 6.73. The molecule has 0 spiro atoms. The fourth-order valence-corrected chi connectivity index (χ4v) is 2.31. The first-order valence-electron chi connectivity index (χ1n) is 7.90. The molecule has 27 heavy (non-hydrogen) atoms. The molecule has 8 nitrogen and oxygen atoms in total. The summed E-state index contributed by atoms with van der Waals surface area (Å²) in [6.45, 7) is 2.77. The van der Waals surface area contributed by atoms with Crippen molar-refractivity contribution in [2.45, 2.75) is 20.0 Å². The lowest BCUT2D eigenvalue weighted by Gasteiger charge is -2.14.